The molecule has 118 valence electrons. The highest BCUT2D eigenvalue weighted by Gasteiger charge is 2.21. The van der Waals surface area contributed by atoms with Crippen molar-refractivity contribution in [3.8, 4) is 11.5 Å². The van der Waals surface area contributed by atoms with Gasteiger partial charge in [0, 0.05) is 21.7 Å². The highest BCUT2D eigenvalue weighted by Crippen LogP contribution is 2.35. The monoisotopic (exact) mass is 357 g/mol. The summed E-state index contributed by atoms with van der Waals surface area (Å²) in [5.74, 6) is 0.762. The third kappa shape index (κ3) is 3.82. The number of phenols is 2. The molecule has 2 aromatic carbocycles. The third-order valence-corrected chi connectivity index (χ3v) is 4.98. The molecule has 1 unspecified atom stereocenters. The summed E-state index contributed by atoms with van der Waals surface area (Å²) >= 11 is 7.63. The van der Waals surface area contributed by atoms with Gasteiger partial charge in [-0.05, 0) is 60.5 Å². The van der Waals surface area contributed by atoms with Crippen LogP contribution in [0.3, 0.4) is 0 Å². The fourth-order valence-corrected chi connectivity index (χ4v) is 3.64. The van der Waals surface area contributed by atoms with Crippen LogP contribution in [0.4, 0.5) is 0 Å². The number of hydrogen-bond donors (Lipinski definition) is 3. The number of hydrogen-bond acceptors (Lipinski definition) is 4. The zero-order chi connectivity index (χ0) is 14.8. The molecule has 0 fully saturated rings. The maximum Gasteiger partial charge on any atom is 0.157 e. The molecule has 0 aromatic heterocycles. The summed E-state index contributed by atoms with van der Waals surface area (Å²) in [5, 5.41) is 23.5. The molecule has 0 bridgehead atoms. The number of nitrogens with one attached hydrogen (secondary N) is 1. The van der Waals surface area contributed by atoms with Gasteiger partial charge in [-0.3, -0.25) is 0 Å². The summed E-state index contributed by atoms with van der Waals surface area (Å²) in [6, 6.07) is 11.3. The van der Waals surface area contributed by atoms with Gasteiger partial charge in [0.1, 0.15) is 0 Å². The molecule has 3 nitrogen and oxygen atoms in total. The largest absolute Gasteiger partial charge is 0.504 e. The van der Waals surface area contributed by atoms with Gasteiger partial charge < -0.3 is 15.5 Å². The van der Waals surface area contributed by atoms with E-state index >= 15 is 0 Å². The Bertz CT molecular complexity index is 649. The van der Waals surface area contributed by atoms with E-state index in [0.717, 1.165) is 39.8 Å². The zero-order valence-corrected chi connectivity index (χ0v) is 14.1. The van der Waals surface area contributed by atoms with Crippen molar-refractivity contribution in [1.82, 2.24) is 5.32 Å². The number of rotatable bonds is 3. The molecule has 1 heterocycles. The molecule has 2 aromatic rings. The van der Waals surface area contributed by atoms with Crippen LogP contribution >= 0.6 is 35.8 Å². The number of thioether (sulfide) groups is 1. The van der Waals surface area contributed by atoms with E-state index in [1.54, 1.807) is 23.9 Å². The van der Waals surface area contributed by atoms with Crippen LogP contribution < -0.4 is 5.32 Å². The second-order valence-electron chi connectivity index (χ2n) is 5.06. The minimum atomic E-state index is -0.0565. The van der Waals surface area contributed by atoms with E-state index in [1.807, 2.05) is 24.3 Å². The number of benzene rings is 2. The lowest BCUT2D eigenvalue weighted by atomic mass is 9.94. The van der Waals surface area contributed by atoms with Crippen molar-refractivity contribution in [3.63, 3.8) is 0 Å². The molecule has 0 saturated carbocycles. The van der Waals surface area contributed by atoms with E-state index in [-0.39, 0.29) is 29.9 Å². The Balaban J connectivity index is 0.00000176. The second kappa shape index (κ2) is 7.47. The fourth-order valence-electron chi connectivity index (χ4n) is 2.53. The van der Waals surface area contributed by atoms with E-state index in [2.05, 4.69) is 5.32 Å². The van der Waals surface area contributed by atoms with Crippen molar-refractivity contribution in [2.45, 2.75) is 17.4 Å². The van der Waals surface area contributed by atoms with Crippen LogP contribution in [-0.2, 0) is 6.42 Å². The van der Waals surface area contributed by atoms with Crippen LogP contribution in [0.5, 0.6) is 11.5 Å². The Kier molecular flexibility index (Phi) is 5.87. The van der Waals surface area contributed by atoms with Crippen LogP contribution in [0.1, 0.15) is 17.2 Å². The highest BCUT2D eigenvalue weighted by molar-refractivity contribution is 7.99. The lowest BCUT2D eigenvalue weighted by molar-refractivity contribution is 0.400. The Morgan fingerprint density at radius 2 is 1.82 bits per heavy atom. The first-order valence-corrected chi connectivity index (χ1v) is 8.16. The Morgan fingerprint density at radius 1 is 1.14 bits per heavy atom. The number of aromatic hydroxyl groups is 2. The molecule has 1 aliphatic rings. The van der Waals surface area contributed by atoms with Gasteiger partial charge >= 0.3 is 0 Å². The Morgan fingerprint density at radius 3 is 2.55 bits per heavy atom. The van der Waals surface area contributed by atoms with Crippen molar-refractivity contribution in [3.05, 3.63) is 52.5 Å². The first-order valence-electron chi connectivity index (χ1n) is 6.80. The number of fused-ring (bicyclic) bond motifs is 1. The van der Waals surface area contributed by atoms with E-state index < -0.39 is 0 Å². The molecule has 0 radical (unpaired) electrons. The molecule has 3 N–H and O–H groups in total. The maximum absolute atomic E-state index is 9.71. The summed E-state index contributed by atoms with van der Waals surface area (Å²) < 4.78 is 0. The van der Waals surface area contributed by atoms with E-state index in [4.69, 9.17) is 11.6 Å². The van der Waals surface area contributed by atoms with Crippen LogP contribution in [-0.4, -0.2) is 22.5 Å². The van der Waals surface area contributed by atoms with Crippen LogP contribution in [0.15, 0.2) is 41.3 Å². The normalized spacial score (nSPS) is 16.7. The second-order valence-corrected chi connectivity index (χ2v) is 6.59. The first kappa shape index (κ1) is 17.3. The molecule has 1 atom stereocenters. The van der Waals surface area contributed by atoms with E-state index in [9.17, 15) is 10.2 Å². The van der Waals surface area contributed by atoms with Crippen LogP contribution in [0, 0.1) is 0 Å². The lowest BCUT2D eigenvalue weighted by Crippen LogP contribution is -2.31. The standard InChI is InChI=1S/C16H16ClNO2S.ClH/c17-11-1-3-12(4-2-11)21-9-14-13-8-16(20)15(19)7-10(13)5-6-18-14;/h1-4,7-8,14,18-20H,5-6,9H2;1H. The van der Waals surface area contributed by atoms with E-state index in [0.29, 0.717) is 0 Å². The molecule has 6 heteroatoms. The van der Waals surface area contributed by atoms with Gasteiger partial charge in [-0.1, -0.05) is 11.6 Å². The first-order chi connectivity index (χ1) is 10.1. The minimum absolute atomic E-state index is 0. The molecule has 0 saturated heterocycles. The maximum atomic E-state index is 9.71. The lowest BCUT2D eigenvalue weighted by Gasteiger charge is -2.27. The van der Waals surface area contributed by atoms with Gasteiger partial charge in [0.2, 0.25) is 0 Å². The van der Waals surface area contributed by atoms with Crippen molar-refractivity contribution >= 4 is 35.8 Å². The van der Waals surface area contributed by atoms with E-state index in [1.165, 1.54) is 0 Å². The van der Waals surface area contributed by atoms with Crippen molar-refractivity contribution in [2.24, 2.45) is 0 Å². The summed E-state index contributed by atoms with van der Waals surface area (Å²) in [5.41, 5.74) is 2.17. The molecule has 0 amide bonds. The molecular formula is C16H17Cl2NO2S. The molecule has 1 aliphatic heterocycles. The van der Waals surface area contributed by atoms with Crippen molar-refractivity contribution in [1.29, 1.82) is 0 Å². The summed E-state index contributed by atoms with van der Waals surface area (Å²) in [6.45, 7) is 0.878. The zero-order valence-electron chi connectivity index (χ0n) is 11.8. The molecule has 3 rings (SSSR count). The van der Waals surface area contributed by atoms with Crippen LogP contribution in [0.2, 0.25) is 5.02 Å². The average molecular weight is 358 g/mol. The SMILES string of the molecule is Cl.Oc1cc2c(cc1O)C(CSc1ccc(Cl)cc1)NCC2. The minimum Gasteiger partial charge on any atom is -0.504 e. The molecular weight excluding hydrogens is 341 g/mol. The molecule has 0 aliphatic carbocycles. The predicted octanol–water partition coefficient (Wildman–Crippen LogP) is 4.15. The number of halogens is 2. The summed E-state index contributed by atoms with van der Waals surface area (Å²) in [4.78, 5) is 1.16. The fraction of sp³-hybridized carbons (Fsp3) is 0.250. The smallest absolute Gasteiger partial charge is 0.157 e. The van der Waals surface area contributed by atoms with Gasteiger partial charge in [0.25, 0.3) is 0 Å². The van der Waals surface area contributed by atoms with Crippen molar-refractivity contribution < 1.29 is 10.2 Å². The summed E-state index contributed by atoms with van der Waals surface area (Å²) in [6.07, 6.45) is 0.866. The highest BCUT2D eigenvalue weighted by atomic mass is 35.5. The van der Waals surface area contributed by atoms with Gasteiger partial charge in [-0.2, -0.15) is 0 Å². The third-order valence-electron chi connectivity index (χ3n) is 3.63. The molecule has 22 heavy (non-hydrogen) atoms. The van der Waals surface area contributed by atoms with Crippen molar-refractivity contribution in [2.75, 3.05) is 12.3 Å². The van der Waals surface area contributed by atoms with Gasteiger partial charge in [-0.15, -0.1) is 24.2 Å². The average Bonchev–Trinajstić information content (AvgIpc) is 2.48. The predicted molar refractivity (Wildman–Crippen MR) is 93.6 cm³/mol. The Labute approximate surface area is 145 Å². The topological polar surface area (TPSA) is 52.5 Å². The number of phenolic OH excluding ortho intramolecular Hbond substituents is 2. The quantitative estimate of drug-likeness (QED) is 0.570. The van der Waals surface area contributed by atoms with Gasteiger partial charge in [-0.25, -0.2) is 0 Å². The summed E-state index contributed by atoms with van der Waals surface area (Å²) in [7, 11) is 0. The van der Waals surface area contributed by atoms with Gasteiger partial charge in [0.05, 0.1) is 0 Å². The Hall–Kier alpha value is -1.07. The molecule has 0 spiro atoms. The van der Waals surface area contributed by atoms with Crippen LogP contribution in [0.25, 0.3) is 0 Å². The van der Waals surface area contributed by atoms with Gasteiger partial charge in [0.15, 0.2) is 11.5 Å².